The van der Waals surface area contributed by atoms with Gasteiger partial charge in [-0.25, -0.2) is 5.01 Å². The van der Waals surface area contributed by atoms with Crippen molar-refractivity contribution in [1.82, 2.24) is 10.4 Å². The summed E-state index contributed by atoms with van der Waals surface area (Å²) in [5.74, 6) is 0. The molecule has 1 saturated heterocycles. The van der Waals surface area contributed by atoms with E-state index < -0.39 is 0 Å². The molecule has 0 aromatic heterocycles. The number of hydrogen-bond donors (Lipinski definition) is 1. The molecular weight excluding hydrogens is 302 g/mol. The summed E-state index contributed by atoms with van der Waals surface area (Å²) >= 11 is 3.33. The summed E-state index contributed by atoms with van der Waals surface area (Å²) in [5.41, 5.74) is 3.99. The van der Waals surface area contributed by atoms with Gasteiger partial charge in [0.25, 0.3) is 5.69 Å². The number of ether oxygens (including phenoxy) is 1. The molecule has 1 aromatic rings. The molecule has 18 heavy (non-hydrogen) atoms. The molecule has 0 bridgehead atoms. The third-order valence-electron chi connectivity index (χ3n) is 2.74. The first-order valence-electron chi connectivity index (χ1n) is 5.66. The normalized spacial score (nSPS) is 16.7. The Bertz CT molecular complexity index is 436. The molecule has 98 valence electrons. The lowest BCUT2D eigenvalue weighted by Gasteiger charge is -2.27. The predicted octanol–water partition coefficient (Wildman–Crippen LogP) is 1.69. The van der Waals surface area contributed by atoms with Crippen LogP contribution in [0, 0.1) is 10.1 Å². The van der Waals surface area contributed by atoms with Crippen LogP contribution in [0.3, 0.4) is 0 Å². The zero-order valence-corrected chi connectivity index (χ0v) is 11.4. The smallest absolute Gasteiger partial charge is 0.274 e. The van der Waals surface area contributed by atoms with Gasteiger partial charge in [0.2, 0.25) is 0 Å². The van der Waals surface area contributed by atoms with Gasteiger partial charge in [0.05, 0.1) is 18.1 Å². The molecule has 7 heteroatoms. The minimum Gasteiger partial charge on any atom is -0.379 e. The van der Waals surface area contributed by atoms with Gasteiger partial charge < -0.3 is 4.74 Å². The Morgan fingerprint density at radius 1 is 1.44 bits per heavy atom. The number of nitro groups is 1. The van der Waals surface area contributed by atoms with Crippen molar-refractivity contribution in [3.8, 4) is 0 Å². The first-order chi connectivity index (χ1) is 8.66. The molecule has 1 aromatic carbocycles. The van der Waals surface area contributed by atoms with E-state index >= 15 is 0 Å². The van der Waals surface area contributed by atoms with E-state index in [0.717, 1.165) is 17.6 Å². The molecule has 0 saturated carbocycles. The molecular formula is C11H14BrN3O3. The number of hydrazine groups is 1. The third kappa shape index (κ3) is 3.49. The lowest BCUT2D eigenvalue weighted by atomic mass is 10.2. The number of morpholine rings is 1. The van der Waals surface area contributed by atoms with E-state index in [0.29, 0.717) is 25.3 Å². The van der Waals surface area contributed by atoms with E-state index in [1.54, 1.807) is 12.1 Å². The molecule has 1 heterocycles. The van der Waals surface area contributed by atoms with Gasteiger partial charge in [-0.15, -0.1) is 0 Å². The average Bonchev–Trinajstić information content (AvgIpc) is 2.37. The van der Waals surface area contributed by atoms with Crippen molar-refractivity contribution in [2.75, 3.05) is 26.3 Å². The summed E-state index contributed by atoms with van der Waals surface area (Å²) in [6.45, 7) is 3.40. The fraction of sp³-hybridized carbons (Fsp3) is 0.455. The van der Waals surface area contributed by atoms with Gasteiger partial charge in [0, 0.05) is 35.7 Å². The fourth-order valence-electron chi connectivity index (χ4n) is 1.79. The Hall–Kier alpha value is -1.02. The summed E-state index contributed by atoms with van der Waals surface area (Å²) in [7, 11) is 0. The van der Waals surface area contributed by atoms with Gasteiger partial charge in [0.15, 0.2) is 0 Å². The predicted molar refractivity (Wildman–Crippen MR) is 70.0 cm³/mol. The Morgan fingerprint density at radius 2 is 2.17 bits per heavy atom. The number of nitrogens with one attached hydrogen (secondary N) is 1. The number of hydrogen-bond acceptors (Lipinski definition) is 5. The molecule has 1 aliphatic heterocycles. The van der Waals surface area contributed by atoms with E-state index in [9.17, 15) is 10.1 Å². The molecule has 0 unspecified atom stereocenters. The number of nitrogens with zero attached hydrogens (tertiary/aromatic N) is 2. The van der Waals surface area contributed by atoms with Crippen LogP contribution in [0.25, 0.3) is 0 Å². The maximum Gasteiger partial charge on any atom is 0.274 e. The van der Waals surface area contributed by atoms with E-state index in [1.807, 2.05) is 5.01 Å². The van der Waals surface area contributed by atoms with Crippen molar-refractivity contribution in [2.24, 2.45) is 0 Å². The van der Waals surface area contributed by atoms with Crippen molar-refractivity contribution in [2.45, 2.75) is 6.54 Å². The number of rotatable bonds is 4. The largest absolute Gasteiger partial charge is 0.379 e. The van der Waals surface area contributed by atoms with Gasteiger partial charge >= 0.3 is 0 Å². The molecule has 0 atom stereocenters. The van der Waals surface area contributed by atoms with Crippen LogP contribution in [0.4, 0.5) is 5.69 Å². The highest BCUT2D eigenvalue weighted by Gasteiger charge is 2.15. The van der Waals surface area contributed by atoms with Crippen molar-refractivity contribution in [1.29, 1.82) is 0 Å². The standard InChI is InChI=1S/C11H14BrN3O3/c12-10-1-2-11(15(16)17)9(7-10)8-13-14-3-5-18-6-4-14/h1-2,7,13H,3-6,8H2. The van der Waals surface area contributed by atoms with Crippen LogP contribution >= 0.6 is 15.9 Å². The van der Waals surface area contributed by atoms with Gasteiger partial charge in [0.1, 0.15) is 0 Å². The molecule has 2 rings (SSSR count). The molecule has 1 aliphatic rings. The zero-order chi connectivity index (χ0) is 13.0. The van der Waals surface area contributed by atoms with Gasteiger partial charge in [-0.05, 0) is 12.1 Å². The molecule has 6 nitrogen and oxygen atoms in total. The first kappa shape index (κ1) is 13.4. The summed E-state index contributed by atoms with van der Waals surface area (Å²) in [4.78, 5) is 10.6. The first-order valence-corrected chi connectivity index (χ1v) is 6.45. The Labute approximate surface area is 113 Å². The summed E-state index contributed by atoms with van der Waals surface area (Å²) < 4.78 is 6.08. The van der Waals surface area contributed by atoms with Crippen LogP contribution in [0.5, 0.6) is 0 Å². The second kappa shape index (κ2) is 6.24. The topological polar surface area (TPSA) is 67.6 Å². The summed E-state index contributed by atoms with van der Waals surface area (Å²) in [5, 5.41) is 12.9. The highest BCUT2D eigenvalue weighted by Crippen LogP contribution is 2.22. The molecule has 0 spiro atoms. The van der Waals surface area contributed by atoms with Crippen LogP contribution < -0.4 is 5.43 Å². The summed E-state index contributed by atoms with van der Waals surface area (Å²) in [6, 6.07) is 4.96. The molecule has 1 fully saturated rings. The Balaban J connectivity index is 2.03. The zero-order valence-electron chi connectivity index (χ0n) is 9.76. The number of benzene rings is 1. The van der Waals surface area contributed by atoms with E-state index in [1.165, 1.54) is 6.07 Å². The van der Waals surface area contributed by atoms with Crippen molar-refractivity contribution < 1.29 is 9.66 Å². The number of nitro benzene ring substituents is 1. The maximum absolute atomic E-state index is 10.9. The minimum atomic E-state index is -0.358. The lowest BCUT2D eigenvalue weighted by molar-refractivity contribution is -0.385. The van der Waals surface area contributed by atoms with Crippen LogP contribution in [0.2, 0.25) is 0 Å². The van der Waals surface area contributed by atoms with Crippen LogP contribution in [-0.2, 0) is 11.3 Å². The van der Waals surface area contributed by atoms with Gasteiger partial charge in [-0.3, -0.25) is 15.5 Å². The minimum absolute atomic E-state index is 0.138. The molecule has 1 N–H and O–H groups in total. The van der Waals surface area contributed by atoms with E-state index in [-0.39, 0.29) is 10.6 Å². The quantitative estimate of drug-likeness (QED) is 0.676. The third-order valence-corrected chi connectivity index (χ3v) is 3.24. The Morgan fingerprint density at radius 3 is 2.83 bits per heavy atom. The molecule has 0 radical (unpaired) electrons. The van der Waals surface area contributed by atoms with Crippen molar-refractivity contribution >= 4 is 21.6 Å². The highest BCUT2D eigenvalue weighted by molar-refractivity contribution is 9.10. The molecule has 0 amide bonds. The van der Waals surface area contributed by atoms with Crippen LogP contribution in [0.15, 0.2) is 22.7 Å². The maximum atomic E-state index is 10.9. The van der Waals surface area contributed by atoms with E-state index in [2.05, 4.69) is 21.4 Å². The van der Waals surface area contributed by atoms with Gasteiger partial charge in [-0.2, -0.15) is 0 Å². The number of halogens is 1. The fourth-order valence-corrected chi connectivity index (χ4v) is 2.20. The Kier molecular flexibility index (Phi) is 4.65. The SMILES string of the molecule is O=[N+]([O-])c1ccc(Br)cc1CNN1CCOCC1. The monoisotopic (exact) mass is 315 g/mol. The summed E-state index contributed by atoms with van der Waals surface area (Å²) in [6.07, 6.45) is 0. The van der Waals surface area contributed by atoms with Gasteiger partial charge in [-0.1, -0.05) is 15.9 Å². The highest BCUT2D eigenvalue weighted by atomic mass is 79.9. The molecule has 0 aliphatic carbocycles. The second-order valence-corrected chi connectivity index (χ2v) is 4.88. The van der Waals surface area contributed by atoms with Crippen molar-refractivity contribution in [3.05, 3.63) is 38.3 Å². The van der Waals surface area contributed by atoms with E-state index in [4.69, 9.17) is 4.74 Å². The van der Waals surface area contributed by atoms with Crippen LogP contribution in [-0.4, -0.2) is 36.2 Å². The lowest BCUT2D eigenvalue weighted by Crippen LogP contribution is -2.45. The second-order valence-electron chi connectivity index (χ2n) is 3.96. The average molecular weight is 316 g/mol. The van der Waals surface area contributed by atoms with Crippen molar-refractivity contribution in [3.63, 3.8) is 0 Å². The van der Waals surface area contributed by atoms with Crippen LogP contribution in [0.1, 0.15) is 5.56 Å².